The summed E-state index contributed by atoms with van der Waals surface area (Å²) in [6, 6.07) is 18.0. The van der Waals surface area contributed by atoms with E-state index in [1.807, 2.05) is 42.5 Å². The topological polar surface area (TPSA) is 70.5 Å². The molecule has 0 saturated carbocycles. The third kappa shape index (κ3) is 3.31. The highest BCUT2D eigenvalue weighted by Crippen LogP contribution is 2.25. The van der Waals surface area contributed by atoms with Crippen molar-refractivity contribution in [3.63, 3.8) is 0 Å². The van der Waals surface area contributed by atoms with Crippen molar-refractivity contribution in [3.05, 3.63) is 72.4 Å². The quantitative estimate of drug-likeness (QED) is 0.747. The number of rotatable bonds is 6. The molecule has 6 heteroatoms. The van der Waals surface area contributed by atoms with Crippen molar-refractivity contribution >= 4 is 20.9 Å². The number of sulfonamides is 1. The highest BCUT2D eigenvalue weighted by atomic mass is 32.2. The first-order chi connectivity index (χ1) is 11.6. The Labute approximate surface area is 141 Å². The van der Waals surface area contributed by atoms with Gasteiger partial charge in [-0.1, -0.05) is 48.5 Å². The summed E-state index contributed by atoms with van der Waals surface area (Å²) < 4.78 is 27.5. The molecule has 0 radical (unpaired) electrons. The van der Waals surface area contributed by atoms with E-state index in [1.54, 1.807) is 24.4 Å². The Kier molecular flexibility index (Phi) is 4.89. The van der Waals surface area contributed by atoms with Gasteiger partial charge < -0.3 is 5.11 Å². The molecule has 0 atom stereocenters. The minimum atomic E-state index is -3.78. The molecule has 0 aliphatic carbocycles. The monoisotopic (exact) mass is 342 g/mol. The van der Waals surface area contributed by atoms with Crippen LogP contribution >= 0.6 is 0 Å². The Morgan fingerprint density at radius 3 is 2.46 bits per heavy atom. The van der Waals surface area contributed by atoms with Crippen LogP contribution in [0.5, 0.6) is 0 Å². The van der Waals surface area contributed by atoms with Crippen LogP contribution in [0.3, 0.4) is 0 Å². The lowest BCUT2D eigenvalue weighted by Crippen LogP contribution is -2.33. The molecule has 0 unspecified atom stereocenters. The first-order valence-corrected chi connectivity index (χ1v) is 9.05. The lowest BCUT2D eigenvalue weighted by molar-refractivity contribution is 0.251. The second kappa shape index (κ2) is 7.09. The summed E-state index contributed by atoms with van der Waals surface area (Å²) >= 11 is 0. The molecule has 0 aliphatic rings. The largest absolute Gasteiger partial charge is 0.395 e. The summed E-state index contributed by atoms with van der Waals surface area (Å²) in [6.45, 7) is -0.0162. The van der Waals surface area contributed by atoms with E-state index >= 15 is 0 Å². The van der Waals surface area contributed by atoms with Gasteiger partial charge in [0.2, 0.25) is 10.0 Å². The zero-order valence-electron chi connectivity index (χ0n) is 13.0. The third-order valence-corrected chi connectivity index (χ3v) is 5.64. The summed E-state index contributed by atoms with van der Waals surface area (Å²) in [5.41, 5.74) is 1.30. The first kappa shape index (κ1) is 16.6. The van der Waals surface area contributed by atoms with Crippen LogP contribution in [-0.4, -0.2) is 36.0 Å². The third-order valence-electron chi connectivity index (χ3n) is 3.76. The van der Waals surface area contributed by atoms with Crippen molar-refractivity contribution in [3.8, 4) is 0 Å². The van der Waals surface area contributed by atoms with Gasteiger partial charge in [-0.15, -0.1) is 0 Å². The maximum atomic E-state index is 13.1. The van der Waals surface area contributed by atoms with Crippen molar-refractivity contribution in [2.24, 2.45) is 0 Å². The van der Waals surface area contributed by atoms with E-state index in [2.05, 4.69) is 4.98 Å². The molecule has 124 valence electrons. The van der Waals surface area contributed by atoms with Crippen LogP contribution in [0.2, 0.25) is 0 Å². The summed E-state index contributed by atoms with van der Waals surface area (Å²) in [7, 11) is -3.78. The smallest absolute Gasteiger partial charge is 0.245 e. The number of pyridine rings is 1. The minimum Gasteiger partial charge on any atom is -0.395 e. The van der Waals surface area contributed by atoms with Crippen molar-refractivity contribution in [2.45, 2.75) is 11.4 Å². The van der Waals surface area contributed by atoms with Crippen molar-refractivity contribution < 1.29 is 13.5 Å². The van der Waals surface area contributed by atoms with Crippen molar-refractivity contribution in [1.29, 1.82) is 0 Å². The SMILES string of the molecule is O=S(=O)(c1cccc2cccnc12)N(CCO)Cc1ccccc1. The first-order valence-electron chi connectivity index (χ1n) is 7.61. The van der Waals surface area contributed by atoms with Gasteiger partial charge in [-0.25, -0.2) is 8.42 Å². The lowest BCUT2D eigenvalue weighted by atomic mass is 10.2. The predicted octanol–water partition coefficient (Wildman–Crippen LogP) is 2.42. The van der Waals surface area contributed by atoms with Crippen LogP contribution in [-0.2, 0) is 16.6 Å². The molecule has 5 nitrogen and oxygen atoms in total. The molecular formula is C18H18N2O3S. The predicted molar refractivity (Wildman–Crippen MR) is 92.9 cm³/mol. The number of fused-ring (bicyclic) bond motifs is 1. The zero-order chi connectivity index (χ0) is 17.0. The van der Waals surface area contributed by atoms with E-state index in [0.717, 1.165) is 10.9 Å². The number of aliphatic hydroxyl groups is 1. The number of benzene rings is 2. The standard InChI is InChI=1S/C18H18N2O3S/c21-13-12-20(14-15-6-2-1-3-7-15)24(22,23)17-10-4-8-16-9-5-11-19-18(16)17/h1-11,21H,12-14H2. The van der Waals surface area contributed by atoms with E-state index < -0.39 is 10.0 Å². The van der Waals surface area contributed by atoms with Gasteiger partial charge in [-0.2, -0.15) is 4.31 Å². The average Bonchev–Trinajstić information content (AvgIpc) is 2.61. The molecule has 24 heavy (non-hydrogen) atoms. The van der Waals surface area contributed by atoms with Crippen LogP contribution < -0.4 is 0 Å². The van der Waals surface area contributed by atoms with Crippen LogP contribution in [0.1, 0.15) is 5.56 Å². The molecule has 3 rings (SSSR count). The normalized spacial score (nSPS) is 11.9. The van der Waals surface area contributed by atoms with Crippen LogP contribution in [0.25, 0.3) is 10.9 Å². The molecular weight excluding hydrogens is 324 g/mol. The molecule has 0 saturated heterocycles. The molecule has 0 amide bonds. The average molecular weight is 342 g/mol. The number of hydrogen-bond acceptors (Lipinski definition) is 4. The molecule has 3 aromatic rings. The van der Waals surface area contributed by atoms with E-state index in [0.29, 0.717) is 5.52 Å². The zero-order valence-corrected chi connectivity index (χ0v) is 13.9. The van der Waals surface area contributed by atoms with Gasteiger partial charge >= 0.3 is 0 Å². The molecule has 0 bridgehead atoms. The Morgan fingerprint density at radius 1 is 0.958 bits per heavy atom. The Balaban J connectivity index is 2.05. The molecule has 1 heterocycles. The van der Waals surface area contributed by atoms with E-state index in [4.69, 9.17) is 0 Å². The summed E-state index contributed by atoms with van der Waals surface area (Å²) in [5, 5.41) is 10.1. The molecule has 0 aliphatic heterocycles. The minimum absolute atomic E-state index is 0.0282. The maximum absolute atomic E-state index is 13.1. The number of hydrogen-bond donors (Lipinski definition) is 1. The summed E-state index contributed by atoms with van der Waals surface area (Å²) in [5.74, 6) is 0. The summed E-state index contributed by atoms with van der Waals surface area (Å²) in [6.07, 6.45) is 1.58. The lowest BCUT2D eigenvalue weighted by Gasteiger charge is -2.22. The van der Waals surface area contributed by atoms with E-state index in [1.165, 1.54) is 4.31 Å². The highest BCUT2D eigenvalue weighted by molar-refractivity contribution is 7.89. The fourth-order valence-electron chi connectivity index (χ4n) is 2.61. The molecule has 1 N–H and O–H groups in total. The van der Waals surface area contributed by atoms with Crippen LogP contribution in [0, 0.1) is 0 Å². The number of para-hydroxylation sites is 1. The second-order valence-electron chi connectivity index (χ2n) is 5.38. The Bertz CT molecular complexity index is 922. The van der Waals surface area contributed by atoms with Gasteiger partial charge in [0.15, 0.2) is 0 Å². The van der Waals surface area contributed by atoms with Gasteiger partial charge in [-0.05, 0) is 17.7 Å². The van der Waals surface area contributed by atoms with Gasteiger partial charge in [-0.3, -0.25) is 4.98 Å². The molecule has 0 spiro atoms. The van der Waals surface area contributed by atoms with E-state index in [-0.39, 0.29) is 24.6 Å². The molecule has 1 aromatic heterocycles. The van der Waals surface area contributed by atoms with Crippen molar-refractivity contribution in [1.82, 2.24) is 9.29 Å². The van der Waals surface area contributed by atoms with Crippen molar-refractivity contribution in [2.75, 3.05) is 13.2 Å². The van der Waals surface area contributed by atoms with E-state index in [9.17, 15) is 13.5 Å². The number of aliphatic hydroxyl groups excluding tert-OH is 1. The molecule has 0 fully saturated rings. The Morgan fingerprint density at radius 2 is 1.71 bits per heavy atom. The molecule has 2 aromatic carbocycles. The maximum Gasteiger partial charge on any atom is 0.245 e. The fraction of sp³-hybridized carbons (Fsp3) is 0.167. The van der Waals surface area contributed by atoms with Gasteiger partial charge in [0.25, 0.3) is 0 Å². The summed E-state index contributed by atoms with van der Waals surface area (Å²) in [4.78, 5) is 4.39. The van der Waals surface area contributed by atoms with Gasteiger partial charge in [0.1, 0.15) is 4.90 Å². The van der Waals surface area contributed by atoms with Crippen LogP contribution in [0.4, 0.5) is 0 Å². The second-order valence-corrected chi connectivity index (χ2v) is 7.29. The highest BCUT2D eigenvalue weighted by Gasteiger charge is 2.26. The van der Waals surface area contributed by atoms with Gasteiger partial charge in [0.05, 0.1) is 12.1 Å². The number of aromatic nitrogens is 1. The van der Waals surface area contributed by atoms with Gasteiger partial charge in [0, 0.05) is 24.7 Å². The van der Waals surface area contributed by atoms with Crippen LogP contribution in [0.15, 0.2) is 71.8 Å². The fourth-order valence-corrected chi connectivity index (χ4v) is 4.19. The number of nitrogens with zero attached hydrogens (tertiary/aromatic N) is 2. The Hall–Kier alpha value is -2.28.